The number of ether oxygens (including phenoxy) is 1. The predicted molar refractivity (Wildman–Crippen MR) is 116 cm³/mol. The average Bonchev–Trinajstić information content (AvgIpc) is 2.74. The molecule has 7 heteroatoms. The summed E-state index contributed by atoms with van der Waals surface area (Å²) in [5.41, 5.74) is 0.827. The van der Waals surface area contributed by atoms with E-state index in [9.17, 15) is 14.0 Å². The summed E-state index contributed by atoms with van der Waals surface area (Å²) < 4.78 is 19.2. The van der Waals surface area contributed by atoms with Gasteiger partial charge in [0.05, 0.1) is 0 Å². The van der Waals surface area contributed by atoms with Crippen LogP contribution in [0.1, 0.15) is 39.2 Å². The van der Waals surface area contributed by atoms with Crippen LogP contribution < -0.4 is 10.1 Å². The topological polar surface area (TPSA) is 58.6 Å². The number of hydrogen-bond donors (Lipinski definition) is 1. The molecule has 0 saturated heterocycles. The van der Waals surface area contributed by atoms with Gasteiger partial charge < -0.3 is 15.0 Å². The highest BCUT2D eigenvalue weighted by Crippen LogP contribution is 2.18. The van der Waals surface area contributed by atoms with Crippen molar-refractivity contribution in [2.24, 2.45) is 0 Å². The summed E-state index contributed by atoms with van der Waals surface area (Å²) in [6.45, 7) is 5.58. The Morgan fingerprint density at radius 2 is 1.77 bits per heavy atom. The van der Waals surface area contributed by atoms with Crippen LogP contribution in [0.25, 0.3) is 0 Å². The molecule has 0 fully saturated rings. The van der Waals surface area contributed by atoms with E-state index in [4.69, 9.17) is 16.3 Å². The Hall–Kier alpha value is -2.60. The van der Waals surface area contributed by atoms with Crippen molar-refractivity contribution in [3.63, 3.8) is 0 Å². The van der Waals surface area contributed by atoms with Gasteiger partial charge in [-0.2, -0.15) is 0 Å². The third-order valence-corrected chi connectivity index (χ3v) is 5.09. The van der Waals surface area contributed by atoms with Crippen molar-refractivity contribution < 1.29 is 18.7 Å². The van der Waals surface area contributed by atoms with Gasteiger partial charge in [0, 0.05) is 17.6 Å². The van der Waals surface area contributed by atoms with Crippen LogP contribution in [0.5, 0.6) is 5.75 Å². The number of benzene rings is 2. The summed E-state index contributed by atoms with van der Waals surface area (Å²) in [5, 5.41) is 3.52. The lowest BCUT2D eigenvalue weighted by Gasteiger charge is -2.31. The van der Waals surface area contributed by atoms with E-state index in [0.717, 1.165) is 12.0 Å². The standard InChI is InChI=1S/C23H28ClFN2O3/c1-4-16(3)26-23(29)20(5-2)27(14-17-10-12-18(24)13-11-17)22(28)15-30-21-9-7-6-8-19(21)25/h6-13,16,20H,4-5,14-15H2,1-3H3,(H,26,29)/t16-,20+/m0/s1. The lowest BCUT2D eigenvalue weighted by Crippen LogP contribution is -2.51. The van der Waals surface area contributed by atoms with E-state index in [1.807, 2.05) is 20.8 Å². The lowest BCUT2D eigenvalue weighted by atomic mass is 10.1. The van der Waals surface area contributed by atoms with Crippen LogP contribution in [0.15, 0.2) is 48.5 Å². The van der Waals surface area contributed by atoms with Crippen molar-refractivity contribution in [3.8, 4) is 5.75 Å². The zero-order chi connectivity index (χ0) is 22.1. The first-order chi connectivity index (χ1) is 14.3. The molecule has 0 aliphatic heterocycles. The number of hydrogen-bond acceptors (Lipinski definition) is 3. The minimum Gasteiger partial charge on any atom is -0.481 e. The molecule has 0 unspecified atom stereocenters. The molecular weight excluding hydrogens is 407 g/mol. The van der Waals surface area contributed by atoms with Gasteiger partial charge in [0.25, 0.3) is 5.91 Å². The van der Waals surface area contributed by atoms with Crippen molar-refractivity contribution in [2.45, 2.75) is 52.2 Å². The van der Waals surface area contributed by atoms with Gasteiger partial charge in [-0.15, -0.1) is 0 Å². The Balaban J connectivity index is 2.21. The van der Waals surface area contributed by atoms with Crippen molar-refractivity contribution in [2.75, 3.05) is 6.61 Å². The molecule has 0 spiro atoms. The summed E-state index contributed by atoms with van der Waals surface area (Å²) in [5.74, 6) is -1.18. The Kier molecular flexibility index (Phi) is 9.12. The molecule has 0 heterocycles. The molecule has 2 amide bonds. The van der Waals surface area contributed by atoms with Gasteiger partial charge >= 0.3 is 0 Å². The number of carbonyl (C=O) groups is 2. The van der Waals surface area contributed by atoms with Crippen LogP contribution >= 0.6 is 11.6 Å². The van der Waals surface area contributed by atoms with Gasteiger partial charge in [-0.3, -0.25) is 9.59 Å². The summed E-state index contributed by atoms with van der Waals surface area (Å²) in [4.78, 5) is 27.3. The van der Waals surface area contributed by atoms with E-state index in [1.165, 1.54) is 17.0 Å². The number of nitrogens with zero attached hydrogens (tertiary/aromatic N) is 1. The molecule has 0 aliphatic rings. The number of para-hydroxylation sites is 1. The summed E-state index contributed by atoms with van der Waals surface area (Å²) in [6, 6.07) is 12.3. The molecule has 2 aromatic carbocycles. The summed E-state index contributed by atoms with van der Waals surface area (Å²) in [7, 11) is 0. The quantitative estimate of drug-likeness (QED) is 0.595. The molecule has 0 aliphatic carbocycles. The normalized spacial score (nSPS) is 12.7. The van der Waals surface area contributed by atoms with E-state index in [0.29, 0.717) is 11.4 Å². The fraction of sp³-hybridized carbons (Fsp3) is 0.391. The largest absolute Gasteiger partial charge is 0.481 e. The monoisotopic (exact) mass is 434 g/mol. The van der Waals surface area contributed by atoms with Crippen LogP contribution in [-0.2, 0) is 16.1 Å². The Labute approximate surface area is 182 Å². The first-order valence-corrected chi connectivity index (χ1v) is 10.4. The molecule has 2 aromatic rings. The first kappa shape index (κ1) is 23.7. The Bertz CT molecular complexity index is 845. The molecule has 1 N–H and O–H groups in total. The van der Waals surface area contributed by atoms with Crippen LogP contribution in [0.4, 0.5) is 4.39 Å². The maximum atomic E-state index is 13.8. The maximum Gasteiger partial charge on any atom is 0.261 e. The molecule has 0 aromatic heterocycles. The third kappa shape index (κ3) is 6.73. The zero-order valence-electron chi connectivity index (χ0n) is 17.5. The highest BCUT2D eigenvalue weighted by molar-refractivity contribution is 6.30. The van der Waals surface area contributed by atoms with Crippen LogP contribution in [-0.4, -0.2) is 35.4 Å². The maximum absolute atomic E-state index is 13.8. The first-order valence-electron chi connectivity index (χ1n) is 10.1. The molecule has 0 saturated carbocycles. The Morgan fingerprint density at radius 1 is 1.10 bits per heavy atom. The average molecular weight is 435 g/mol. The second-order valence-electron chi connectivity index (χ2n) is 7.11. The number of rotatable bonds is 10. The second kappa shape index (κ2) is 11.6. The molecule has 162 valence electrons. The van der Waals surface area contributed by atoms with Crippen LogP contribution in [0, 0.1) is 5.82 Å². The molecule has 0 radical (unpaired) electrons. The Morgan fingerprint density at radius 3 is 2.37 bits per heavy atom. The molecular formula is C23H28ClFN2O3. The van der Waals surface area contributed by atoms with E-state index in [1.54, 1.807) is 36.4 Å². The van der Waals surface area contributed by atoms with Gasteiger partial charge in [-0.25, -0.2) is 4.39 Å². The van der Waals surface area contributed by atoms with Crippen LogP contribution in [0.2, 0.25) is 5.02 Å². The predicted octanol–water partition coefficient (Wildman–Crippen LogP) is 4.58. The van der Waals surface area contributed by atoms with Gasteiger partial charge in [0.2, 0.25) is 5.91 Å². The fourth-order valence-corrected chi connectivity index (χ4v) is 3.06. The molecule has 2 rings (SSSR count). The number of halogens is 2. The second-order valence-corrected chi connectivity index (χ2v) is 7.55. The minimum atomic E-state index is -0.675. The van der Waals surface area contributed by atoms with Crippen molar-refractivity contribution >= 4 is 23.4 Å². The van der Waals surface area contributed by atoms with Crippen LogP contribution in [0.3, 0.4) is 0 Å². The number of carbonyl (C=O) groups excluding carboxylic acids is 2. The SMILES string of the molecule is CC[C@H](C(=O)N[C@@H](C)CC)N(Cc1ccc(Cl)cc1)C(=O)COc1ccccc1F. The van der Waals surface area contributed by atoms with Crippen molar-refractivity contribution in [1.29, 1.82) is 0 Å². The lowest BCUT2D eigenvalue weighted by molar-refractivity contribution is -0.143. The molecule has 30 heavy (non-hydrogen) atoms. The van der Waals surface area contributed by atoms with Gasteiger partial charge in [0.15, 0.2) is 18.2 Å². The number of amides is 2. The summed E-state index contributed by atoms with van der Waals surface area (Å²) in [6.07, 6.45) is 1.21. The highest BCUT2D eigenvalue weighted by atomic mass is 35.5. The van der Waals surface area contributed by atoms with Crippen molar-refractivity contribution in [1.82, 2.24) is 10.2 Å². The fourth-order valence-electron chi connectivity index (χ4n) is 2.93. The van der Waals surface area contributed by atoms with Gasteiger partial charge in [-0.05, 0) is 49.6 Å². The van der Waals surface area contributed by atoms with Gasteiger partial charge in [-0.1, -0.05) is 49.7 Å². The molecule has 0 bridgehead atoms. The summed E-state index contributed by atoms with van der Waals surface area (Å²) >= 11 is 5.96. The van der Waals surface area contributed by atoms with E-state index < -0.39 is 17.8 Å². The molecule has 2 atom stereocenters. The van der Waals surface area contributed by atoms with E-state index >= 15 is 0 Å². The van der Waals surface area contributed by atoms with Gasteiger partial charge in [0.1, 0.15) is 6.04 Å². The third-order valence-electron chi connectivity index (χ3n) is 4.84. The number of nitrogens with one attached hydrogen (secondary N) is 1. The zero-order valence-corrected chi connectivity index (χ0v) is 18.3. The van der Waals surface area contributed by atoms with E-state index in [2.05, 4.69) is 5.32 Å². The minimum absolute atomic E-state index is 0.00519. The van der Waals surface area contributed by atoms with E-state index in [-0.39, 0.29) is 30.9 Å². The highest BCUT2D eigenvalue weighted by Gasteiger charge is 2.29. The molecule has 5 nitrogen and oxygen atoms in total. The van der Waals surface area contributed by atoms with Crippen molar-refractivity contribution in [3.05, 3.63) is 64.9 Å². The smallest absolute Gasteiger partial charge is 0.261 e.